The molecule has 3 aliphatic rings. The predicted octanol–water partition coefficient (Wildman–Crippen LogP) is 1.34. The first-order valence-electron chi connectivity index (χ1n) is 10.7. The minimum atomic E-state index is -0.268. The van der Waals surface area contributed by atoms with Crippen LogP contribution >= 0.6 is 0 Å². The summed E-state index contributed by atoms with van der Waals surface area (Å²) < 4.78 is 18.2. The van der Waals surface area contributed by atoms with Crippen LogP contribution in [0.1, 0.15) is 21.5 Å². The summed E-state index contributed by atoms with van der Waals surface area (Å²) in [7, 11) is 2.07. The van der Waals surface area contributed by atoms with Gasteiger partial charge in [-0.2, -0.15) is 0 Å². The van der Waals surface area contributed by atoms with E-state index >= 15 is 0 Å². The van der Waals surface area contributed by atoms with Crippen molar-refractivity contribution in [2.75, 3.05) is 46.7 Å². The Kier molecular flexibility index (Phi) is 5.19. The van der Waals surface area contributed by atoms with E-state index in [1.165, 1.54) is 0 Å². The van der Waals surface area contributed by atoms with Gasteiger partial charge < -0.3 is 28.6 Å². The molecule has 2 aromatic rings. The van der Waals surface area contributed by atoms with E-state index in [2.05, 4.69) is 11.9 Å². The topological polar surface area (TPSA) is 73.2 Å². The van der Waals surface area contributed by atoms with E-state index in [1.807, 2.05) is 36.1 Å². The number of pyridine rings is 1. The molecule has 8 nitrogen and oxygen atoms in total. The lowest BCUT2D eigenvalue weighted by atomic mass is 10.1. The molecule has 0 saturated carbocycles. The van der Waals surface area contributed by atoms with Crippen LogP contribution in [0.5, 0.6) is 11.5 Å². The van der Waals surface area contributed by atoms with Gasteiger partial charge in [0, 0.05) is 31.7 Å². The van der Waals surface area contributed by atoms with Gasteiger partial charge >= 0.3 is 0 Å². The quantitative estimate of drug-likeness (QED) is 0.739. The summed E-state index contributed by atoms with van der Waals surface area (Å²) in [6.07, 6.45) is 1.75. The van der Waals surface area contributed by atoms with Crippen molar-refractivity contribution in [2.45, 2.75) is 19.5 Å². The lowest BCUT2D eigenvalue weighted by molar-refractivity contribution is 0.0482. The Morgan fingerprint density at radius 3 is 2.81 bits per heavy atom. The lowest BCUT2D eigenvalue weighted by Crippen LogP contribution is -2.47. The van der Waals surface area contributed by atoms with Crippen LogP contribution in [0.3, 0.4) is 0 Å². The van der Waals surface area contributed by atoms with Crippen LogP contribution < -0.4 is 15.0 Å². The Hall–Kier alpha value is -2.84. The fraction of sp³-hybridized carbons (Fsp3) is 0.478. The summed E-state index contributed by atoms with van der Waals surface area (Å²) in [5.41, 5.74) is 1.59. The van der Waals surface area contributed by atoms with Crippen molar-refractivity contribution in [3.8, 4) is 11.5 Å². The number of hydrogen-bond acceptors (Lipinski definition) is 6. The maximum atomic E-state index is 13.6. The number of carbonyl (C=O) groups is 1. The van der Waals surface area contributed by atoms with Gasteiger partial charge in [-0.1, -0.05) is 6.07 Å². The zero-order valence-corrected chi connectivity index (χ0v) is 17.9. The summed E-state index contributed by atoms with van der Waals surface area (Å²) in [4.78, 5) is 31.1. The zero-order chi connectivity index (χ0) is 21.5. The lowest BCUT2D eigenvalue weighted by Gasteiger charge is -2.30. The average molecular weight is 425 g/mol. The number of amides is 1. The van der Waals surface area contributed by atoms with Gasteiger partial charge in [0.2, 0.25) is 6.79 Å². The smallest absolute Gasteiger partial charge is 0.263 e. The van der Waals surface area contributed by atoms with Crippen molar-refractivity contribution >= 4 is 5.91 Å². The van der Waals surface area contributed by atoms with Gasteiger partial charge in [0.15, 0.2) is 11.5 Å². The summed E-state index contributed by atoms with van der Waals surface area (Å²) in [5.74, 6) is 1.44. The van der Waals surface area contributed by atoms with Gasteiger partial charge in [0.1, 0.15) is 5.56 Å². The van der Waals surface area contributed by atoms with E-state index in [-0.39, 0.29) is 35.8 Å². The van der Waals surface area contributed by atoms with Gasteiger partial charge in [0.25, 0.3) is 11.5 Å². The number of aryl methyl sites for hydroxylation is 1. The Morgan fingerprint density at radius 2 is 1.94 bits per heavy atom. The molecule has 0 N–H and O–H groups in total. The van der Waals surface area contributed by atoms with Gasteiger partial charge in [0.05, 0.1) is 25.8 Å². The zero-order valence-electron chi connectivity index (χ0n) is 17.9. The number of benzene rings is 1. The van der Waals surface area contributed by atoms with Crippen LogP contribution in [0.25, 0.3) is 0 Å². The van der Waals surface area contributed by atoms with E-state index < -0.39 is 0 Å². The van der Waals surface area contributed by atoms with Crippen LogP contribution in [0.15, 0.2) is 35.3 Å². The minimum Gasteiger partial charge on any atom is -0.454 e. The van der Waals surface area contributed by atoms with Gasteiger partial charge in [-0.25, -0.2) is 0 Å². The maximum Gasteiger partial charge on any atom is 0.263 e. The second-order valence-corrected chi connectivity index (χ2v) is 8.73. The van der Waals surface area contributed by atoms with E-state index in [1.54, 1.807) is 10.8 Å². The average Bonchev–Trinajstić information content (AvgIpc) is 3.03. The number of fused-ring (bicyclic) bond motifs is 4. The fourth-order valence-corrected chi connectivity index (χ4v) is 4.76. The highest BCUT2D eigenvalue weighted by molar-refractivity contribution is 5.95. The molecule has 0 unspecified atom stereocenters. The molecule has 1 aromatic heterocycles. The van der Waals surface area contributed by atoms with Crippen LogP contribution in [-0.2, 0) is 11.3 Å². The van der Waals surface area contributed by atoms with Crippen LogP contribution in [0.2, 0.25) is 0 Å². The number of carbonyl (C=O) groups excluding carboxylic acids is 1. The molecule has 1 aromatic carbocycles. The summed E-state index contributed by atoms with van der Waals surface area (Å²) >= 11 is 0. The number of nitrogens with zero attached hydrogens (tertiary/aromatic N) is 3. The second kappa shape index (κ2) is 8.01. The first-order chi connectivity index (χ1) is 15.0. The number of rotatable bonds is 3. The van der Waals surface area contributed by atoms with Crippen LogP contribution in [-0.4, -0.2) is 73.0 Å². The van der Waals surface area contributed by atoms with Crippen molar-refractivity contribution in [2.24, 2.45) is 5.92 Å². The molecule has 8 heteroatoms. The first kappa shape index (κ1) is 20.1. The van der Waals surface area contributed by atoms with Crippen molar-refractivity contribution in [3.05, 3.63) is 57.5 Å². The van der Waals surface area contributed by atoms with Gasteiger partial charge in [-0.3, -0.25) is 9.59 Å². The molecule has 2 bridgehead atoms. The molecule has 0 aliphatic carbocycles. The van der Waals surface area contributed by atoms with E-state index in [9.17, 15) is 9.59 Å². The van der Waals surface area contributed by atoms with Crippen LogP contribution in [0.4, 0.5) is 0 Å². The number of likely N-dealkylation sites (N-methyl/N-ethyl adjacent to an activating group) is 1. The van der Waals surface area contributed by atoms with E-state index in [0.29, 0.717) is 43.4 Å². The molecule has 2 atom stereocenters. The summed E-state index contributed by atoms with van der Waals surface area (Å²) in [6, 6.07) is 7.42. The molecule has 1 amide bonds. The number of aromatic nitrogens is 1. The van der Waals surface area contributed by atoms with Crippen molar-refractivity contribution in [1.82, 2.24) is 14.4 Å². The van der Waals surface area contributed by atoms with E-state index in [4.69, 9.17) is 14.2 Å². The Balaban J connectivity index is 1.45. The number of hydrogen-bond donors (Lipinski definition) is 0. The third-order valence-corrected chi connectivity index (χ3v) is 6.29. The van der Waals surface area contributed by atoms with E-state index in [0.717, 1.165) is 18.7 Å². The summed E-state index contributed by atoms with van der Waals surface area (Å²) in [6.45, 7) is 5.79. The minimum absolute atomic E-state index is 0.0497. The van der Waals surface area contributed by atoms with Gasteiger partial charge in [-0.05, 0) is 43.3 Å². The monoisotopic (exact) mass is 425 g/mol. The standard InChI is InChI=1S/C23H27N3O5/c1-15-5-6-25(9-16-3-4-19-20(7-16)31-14-30-19)22(27)21(15)23(28)26-10-17-8-24(2)11-18(26)13-29-12-17/h3-7,17-18H,8-14H2,1-2H3/t17-,18-/m0/s1. The molecule has 31 heavy (non-hydrogen) atoms. The highest BCUT2D eigenvalue weighted by Gasteiger charge is 2.36. The Bertz CT molecular complexity index is 1070. The van der Waals surface area contributed by atoms with Crippen molar-refractivity contribution in [1.29, 1.82) is 0 Å². The molecule has 3 aliphatic heterocycles. The molecular weight excluding hydrogens is 398 g/mol. The SMILES string of the molecule is Cc1ccn(Cc2ccc3c(c2)OCO3)c(=O)c1C(=O)N1C[C@H]2COC[C@@H]1CN(C)C2. The third kappa shape index (κ3) is 3.81. The maximum absolute atomic E-state index is 13.6. The largest absolute Gasteiger partial charge is 0.454 e. The van der Waals surface area contributed by atoms with Gasteiger partial charge in [-0.15, -0.1) is 0 Å². The fourth-order valence-electron chi connectivity index (χ4n) is 4.76. The summed E-state index contributed by atoms with van der Waals surface area (Å²) in [5, 5.41) is 0. The predicted molar refractivity (Wildman–Crippen MR) is 114 cm³/mol. The molecule has 2 saturated heterocycles. The third-order valence-electron chi connectivity index (χ3n) is 6.29. The second-order valence-electron chi connectivity index (χ2n) is 8.73. The van der Waals surface area contributed by atoms with Crippen LogP contribution in [0, 0.1) is 12.8 Å². The Morgan fingerprint density at radius 1 is 1.10 bits per heavy atom. The molecule has 4 heterocycles. The molecular formula is C23H27N3O5. The highest BCUT2D eigenvalue weighted by atomic mass is 16.7. The van der Waals surface area contributed by atoms with Crippen molar-refractivity contribution in [3.63, 3.8) is 0 Å². The molecule has 0 spiro atoms. The Labute approximate surface area is 180 Å². The molecule has 0 radical (unpaired) electrons. The molecule has 164 valence electrons. The highest BCUT2D eigenvalue weighted by Crippen LogP contribution is 2.32. The van der Waals surface area contributed by atoms with Crippen molar-refractivity contribution < 1.29 is 19.0 Å². The first-order valence-corrected chi connectivity index (χ1v) is 10.7. The normalized spacial score (nSPS) is 23.0. The molecule has 2 fully saturated rings. The number of ether oxygens (including phenoxy) is 3. The molecule has 5 rings (SSSR count).